The Kier molecular flexibility index (Phi) is 9.01. The van der Waals surface area contributed by atoms with Crippen molar-refractivity contribution in [2.24, 2.45) is 16.9 Å². The lowest BCUT2D eigenvalue weighted by atomic mass is 9.94. The molecule has 7 heteroatoms. The zero-order chi connectivity index (χ0) is 25.2. The molecule has 0 saturated heterocycles. The van der Waals surface area contributed by atoms with Crippen LogP contribution in [0.25, 0.3) is 0 Å². The monoisotopic (exact) mass is 473 g/mol. The quantitative estimate of drug-likeness (QED) is 0.248. The number of aryl methyl sites for hydroxylation is 1. The minimum Gasteiger partial charge on any atom is -0.497 e. The van der Waals surface area contributed by atoms with Crippen molar-refractivity contribution in [1.29, 1.82) is 0 Å². The topological polar surface area (TPSA) is 89.0 Å². The summed E-state index contributed by atoms with van der Waals surface area (Å²) in [6.07, 6.45) is 1.52. The number of nitrogens with one attached hydrogen (secondary N) is 2. The lowest BCUT2D eigenvalue weighted by Gasteiger charge is -2.18. The zero-order valence-corrected chi connectivity index (χ0v) is 20.4. The summed E-state index contributed by atoms with van der Waals surface area (Å²) in [4.78, 5) is 25.6. The minimum atomic E-state index is -0.915. The van der Waals surface area contributed by atoms with E-state index in [0.29, 0.717) is 29.4 Å². The highest BCUT2D eigenvalue weighted by molar-refractivity contribution is 6.06. The van der Waals surface area contributed by atoms with Gasteiger partial charge in [-0.15, -0.1) is 0 Å². The molecule has 0 spiro atoms. The maximum absolute atomic E-state index is 12.8. The highest BCUT2D eigenvalue weighted by atomic mass is 16.5. The van der Waals surface area contributed by atoms with E-state index in [1.807, 2.05) is 69.3 Å². The van der Waals surface area contributed by atoms with Crippen molar-refractivity contribution in [2.45, 2.75) is 27.4 Å². The second-order valence-corrected chi connectivity index (χ2v) is 8.49. The average Bonchev–Trinajstić information content (AvgIpc) is 2.84. The van der Waals surface area contributed by atoms with Gasteiger partial charge in [-0.2, -0.15) is 5.10 Å². The highest BCUT2D eigenvalue weighted by Crippen LogP contribution is 2.20. The fourth-order valence-electron chi connectivity index (χ4n) is 3.42. The molecule has 0 aliphatic heterocycles. The van der Waals surface area contributed by atoms with Crippen molar-refractivity contribution in [1.82, 2.24) is 5.43 Å². The predicted octanol–water partition coefficient (Wildman–Crippen LogP) is 4.94. The van der Waals surface area contributed by atoms with Crippen molar-refractivity contribution >= 4 is 23.7 Å². The summed E-state index contributed by atoms with van der Waals surface area (Å²) in [5, 5.41) is 6.86. The first kappa shape index (κ1) is 25.5. The molecule has 3 aromatic carbocycles. The molecule has 0 aliphatic carbocycles. The van der Waals surface area contributed by atoms with E-state index >= 15 is 0 Å². The van der Waals surface area contributed by atoms with Gasteiger partial charge in [-0.1, -0.05) is 55.8 Å². The molecule has 0 aliphatic rings. The van der Waals surface area contributed by atoms with Gasteiger partial charge in [0.05, 0.1) is 13.3 Å². The van der Waals surface area contributed by atoms with E-state index in [9.17, 15) is 9.59 Å². The van der Waals surface area contributed by atoms with E-state index in [0.717, 1.165) is 5.56 Å². The zero-order valence-electron chi connectivity index (χ0n) is 20.4. The Bertz CT molecular complexity index is 1160. The lowest BCUT2D eigenvalue weighted by Crippen LogP contribution is -2.39. The van der Waals surface area contributed by atoms with Gasteiger partial charge in [0.2, 0.25) is 5.91 Å². The van der Waals surface area contributed by atoms with E-state index in [1.165, 1.54) is 11.8 Å². The molecular formula is C28H31N3O4. The number of nitrogens with zero attached hydrogens (tertiary/aromatic N) is 1. The van der Waals surface area contributed by atoms with Crippen LogP contribution in [-0.4, -0.2) is 25.1 Å². The number of methoxy groups -OCH3 is 1. The number of hydrogen-bond acceptors (Lipinski definition) is 5. The summed E-state index contributed by atoms with van der Waals surface area (Å²) in [7, 11) is 1.57. The van der Waals surface area contributed by atoms with E-state index in [-0.39, 0.29) is 5.92 Å². The minimum absolute atomic E-state index is 0.228. The molecule has 2 N–H and O–H groups in total. The molecule has 0 aromatic heterocycles. The van der Waals surface area contributed by atoms with E-state index in [4.69, 9.17) is 9.47 Å². The van der Waals surface area contributed by atoms with Gasteiger partial charge in [0.15, 0.2) is 0 Å². The first-order valence-electron chi connectivity index (χ1n) is 11.4. The smallest absolute Gasteiger partial charge is 0.252 e. The number of amides is 2. The molecule has 0 fully saturated rings. The van der Waals surface area contributed by atoms with E-state index in [2.05, 4.69) is 15.8 Å². The number of hydrogen-bond donors (Lipinski definition) is 2. The summed E-state index contributed by atoms with van der Waals surface area (Å²) < 4.78 is 11.1. The van der Waals surface area contributed by atoms with Gasteiger partial charge in [0.25, 0.3) is 5.91 Å². The van der Waals surface area contributed by atoms with Crippen molar-refractivity contribution in [3.05, 3.63) is 89.5 Å². The van der Waals surface area contributed by atoms with Crippen LogP contribution in [0, 0.1) is 18.8 Å². The normalized spacial score (nSPS) is 11.8. The van der Waals surface area contributed by atoms with Gasteiger partial charge in [0.1, 0.15) is 24.0 Å². The fourth-order valence-corrected chi connectivity index (χ4v) is 3.42. The molecule has 1 unspecified atom stereocenters. The number of carbonyl (C=O) groups is 2. The molecule has 3 rings (SSSR count). The Morgan fingerprint density at radius 2 is 1.63 bits per heavy atom. The van der Waals surface area contributed by atoms with Crippen LogP contribution in [0.5, 0.6) is 11.5 Å². The van der Waals surface area contributed by atoms with Gasteiger partial charge in [0, 0.05) is 11.3 Å². The van der Waals surface area contributed by atoms with Crippen molar-refractivity contribution < 1.29 is 19.1 Å². The van der Waals surface area contributed by atoms with Crippen molar-refractivity contribution in [3.63, 3.8) is 0 Å². The van der Waals surface area contributed by atoms with Gasteiger partial charge in [-0.25, -0.2) is 5.43 Å². The Balaban J connectivity index is 1.62. The molecule has 1 atom stereocenters. The summed E-state index contributed by atoms with van der Waals surface area (Å²) in [6, 6.07) is 22.5. The Labute approximate surface area is 206 Å². The second-order valence-electron chi connectivity index (χ2n) is 8.49. The number of hydrazone groups is 1. The number of benzene rings is 3. The molecule has 3 aromatic rings. The molecule has 182 valence electrons. The maximum atomic E-state index is 12.8. The SMILES string of the molecule is COc1ccc(NC(=O)C(C(=O)NN=Cc2ccccc2OCc2ccc(C)cc2)C(C)C)cc1. The molecule has 35 heavy (non-hydrogen) atoms. The van der Waals surface area contributed by atoms with Crippen LogP contribution < -0.4 is 20.2 Å². The summed E-state index contributed by atoms with van der Waals surface area (Å²) in [5.41, 5.74) is 6.03. The fraction of sp³-hybridized carbons (Fsp3) is 0.250. The molecular weight excluding hydrogens is 442 g/mol. The number of anilines is 1. The summed E-state index contributed by atoms with van der Waals surface area (Å²) in [5.74, 6) is -0.710. The first-order valence-corrected chi connectivity index (χ1v) is 11.4. The molecule has 0 bridgehead atoms. The van der Waals surface area contributed by atoms with Crippen LogP contribution in [0.15, 0.2) is 77.9 Å². The van der Waals surface area contributed by atoms with Gasteiger partial charge < -0.3 is 14.8 Å². The summed E-state index contributed by atoms with van der Waals surface area (Å²) >= 11 is 0. The van der Waals surface area contributed by atoms with Crippen LogP contribution in [0.1, 0.15) is 30.5 Å². The summed E-state index contributed by atoms with van der Waals surface area (Å²) in [6.45, 7) is 6.08. The van der Waals surface area contributed by atoms with Crippen LogP contribution in [0.2, 0.25) is 0 Å². The van der Waals surface area contributed by atoms with Crippen LogP contribution in [-0.2, 0) is 16.2 Å². The maximum Gasteiger partial charge on any atom is 0.252 e. The Hall–Kier alpha value is -4.13. The average molecular weight is 474 g/mol. The third kappa shape index (κ3) is 7.43. The van der Waals surface area contributed by atoms with Crippen LogP contribution >= 0.6 is 0 Å². The second kappa shape index (κ2) is 12.4. The highest BCUT2D eigenvalue weighted by Gasteiger charge is 2.30. The number of rotatable bonds is 10. The largest absolute Gasteiger partial charge is 0.497 e. The molecule has 0 saturated carbocycles. The Morgan fingerprint density at radius 1 is 0.943 bits per heavy atom. The van der Waals surface area contributed by atoms with Crippen molar-refractivity contribution in [2.75, 3.05) is 12.4 Å². The van der Waals surface area contributed by atoms with Crippen molar-refractivity contribution in [3.8, 4) is 11.5 Å². The van der Waals surface area contributed by atoms with Crippen LogP contribution in [0.4, 0.5) is 5.69 Å². The van der Waals surface area contributed by atoms with Gasteiger partial charge in [-0.05, 0) is 54.8 Å². The van der Waals surface area contributed by atoms with Gasteiger partial charge >= 0.3 is 0 Å². The third-order valence-electron chi connectivity index (χ3n) is 5.40. The molecule has 0 heterocycles. The predicted molar refractivity (Wildman–Crippen MR) is 138 cm³/mol. The third-order valence-corrected chi connectivity index (χ3v) is 5.40. The van der Waals surface area contributed by atoms with Crippen LogP contribution in [0.3, 0.4) is 0 Å². The van der Waals surface area contributed by atoms with Gasteiger partial charge in [-0.3, -0.25) is 9.59 Å². The number of ether oxygens (including phenoxy) is 2. The standard InChI is InChI=1S/C28H31N3O4/c1-19(2)26(27(32)30-23-13-15-24(34-4)16-14-23)28(33)31-29-17-22-7-5-6-8-25(22)35-18-21-11-9-20(3)10-12-21/h5-17,19,26H,18H2,1-4H3,(H,30,32)(H,31,33). The molecule has 7 nitrogen and oxygen atoms in total. The molecule has 0 radical (unpaired) electrons. The first-order chi connectivity index (χ1) is 16.9. The lowest BCUT2D eigenvalue weighted by molar-refractivity contribution is -0.134. The number of para-hydroxylation sites is 1. The molecule has 2 amide bonds. The number of carbonyl (C=O) groups excluding carboxylic acids is 2. The van der Waals surface area contributed by atoms with E-state index < -0.39 is 17.7 Å². The van der Waals surface area contributed by atoms with E-state index in [1.54, 1.807) is 31.4 Å². The Morgan fingerprint density at radius 3 is 2.29 bits per heavy atom.